The average Bonchev–Trinajstić information content (AvgIpc) is 1.98. The zero-order valence-electron chi connectivity index (χ0n) is 48.8. The van der Waals surface area contributed by atoms with Crippen LogP contribution in [-0.2, 0) is 85.3 Å². The van der Waals surface area contributed by atoms with Crippen molar-refractivity contribution in [3.8, 4) is 5.75 Å². The number of H-pyrrole nitrogens is 1. The normalized spacial score (nSPS) is 25.0. The molecule has 1 aromatic heterocycles. The number of hydrogen-bond acceptors (Lipinski definition) is 19. The number of aromatic amines is 1. The maximum Gasteiger partial charge on any atom is 0.246 e. The highest BCUT2D eigenvalue weighted by atomic mass is 32.2. The first-order valence-corrected chi connectivity index (χ1v) is 31.2. The number of amides is 12. The second kappa shape index (κ2) is 31.9. The Morgan fingerprint density at radius 1 is 0.839 bits per heavy atom. The predicted molar refractivity (Wildman–Crippen MR) is 310 cm³/mol. The lowest BCUT2D eigenvalue weighted by Crippen LogP contribution is -2.62. The molecule has 1 unspecified atom stereocenters. The SMILES string of the molecule is CC[C@H](C)[C@@H]1NC(=O)CNC(=O)[C@@H]2Cc3c([nH]c4c(CSCCCCNC(=O)CCCC(=O)CN5C(=O)CCC5=O)c(OC)ccc34)S(=O)C[C@H](NC(=O)CNC1=O)C(=O)N[C@@H](CC(N)=O)C(=O)N1C[C@H](O)C[C@H]1C(=O)N[C@@H]([C@@H](C)[C@@H](O)CO)C(=O)N2. The summed E-state index contributed by atoms with van der Waals surface area (Å²) in [5, 5.41) is 52.3. The molecule has 0 saturated carbocycles. The number of thioether (sulfide) groups is 1. The van der Waals surface area contributed by atoms with Gasteiger partial charge in [-0.25, -0.2) is 0 Å². The summed E-state index contributed by atoms with van der Waals surface area (Å²) in [4.78, 5) is 181. The van der Waals surface area contributed by atoms with E-state index in [0.717, 1.165) is 9.80 Å². The van der Waals surface area contributed by atoms with Gasteiger partial charge >= 0.3 is 0 Å². The summed E-state index contributed by atoms with van der Waals surface area (Å²) in [6.45, 7) is 1.64. The number of nitrogens with two attached hydrogens (primary N) is 1. The molecule has 11 atom stereocenters. The van der Waals surface area contributed by atoms with Gasteiger partial charge in [-0.2, -0.15) is 11.8 Å². The number of ether oxygens (including phenoxy) is 1. The van der Waals surface area contributed by atoms with Gasteiger partial charge in [0.25, 0.3) is 0 Å². The number of aliphatic hydroxyl groups excluding tert-OH is 3. The molecule has 2 fully saturated rings. The zero-order chi connectivity index (χ0) is 63.8. The number of ketones is 1. The number of unbranched alkanes of at least 4 members (excludes halogenated alkanes) is 1. The number of fused-ring (bicyclic) bond motifs is 5. The molecule has 2 bridgehead atoms. The van der Waals surface area contributed by atoms with Crippen LogP contribution in [0.15, 0.2) is 17.2 Å². The van der Waals surface area contributed by atoms with Gasteiger partial charge < -0.3 is 78.2 Å². The van der Waals surface area contributed by atoms with Crippen molar-refractivity contribution < 1.29 is 86.6 Å². The lowest BCUT2D eigenvalue weighted by atomic mass is 9.93. The van der Waals surface area contributed by atoms with E-state index in [-0.39, 0.29) is 66.7 Å². The highest BCUT2D eigenvalue weighted by Crippen LogP contribution is 2.36. The first-order valence-electron chi connectivity index (χ1n) is 28.7. The van der Waals surface area contributed by atoms with Gasteiger partial charge in [0.1, 0.15) is 47.0 Å². The Balaban J connectivity index is 1.38. The van der Waals surface area contributed by atoms with Gasteiger partial charge in [0.05, 0.1) is 74.0 Å². The first kappa shape index (κ1) is 68.6. The maximum absolute atomic E-state index is 15.3. The number of nitrogens with one attached hydrogen (secondary N) is 9. The van der Waals surface area contributed by atoms with Gasteiger partial charge in [-0.3, -0.25) is 71.4 Å². The number of carbonyl (C=O) groups is 13. The lowest BCUT2D eigenvalue weighted by Gasteiger charge is -2.32. The number of imide groups is 1. The second-order valence-electron chi connectivity index (χ2n) is 22.0. The van der Waals surface area contributed by atoms with Gasteiger partial charge in [0.15, 0.2) is 5.78 Å². The minimum absolute atomic E-state index is 0.0230. The van der Waals surface area contributed by atoms with Crippen LogP contribution < -0.4 is 53.0 Å². The molecule has 6 rings (SSSR count). The molecule has 2 saturated heterocycles. The van der Waals surface area contributed by atoms with E-state index in [1.165, 1.54) is 25.8 Å². The number of rotatable bonds is 21. The molecular formula is C55H78N12O18S2. The van der Waals surface area contributed by atoms with Crippen LogP contribution in [-0.4, -0.2) is 217 Å². The summed E-state index contributed by atoms with van der Waals surface area (Å²) in [7, 11) is -1.04. The van der Waals surface area contributed by atoms with Gasteiger partial charge in [-0.15, -0.1) is 0 Å². The van der Waals surface area contributed by atoms with Crippen LogP contribution in [0.1, 0.15) is 96.1 Å². The van der Waals surface area contributed by atoms with E-state index in [4.69, 9.17) is 10.5 Å². The Morgan fingerprint density at radius 3 is 2.20 bits per heavy atom. The van der Waals surface area contributed by atoms with Crippen LogP contribution in [0.5, 0.6) is 5.75 Å². The molecule has 2 aromatic rings. The number of Topliss-reactive ketones (excluding diaryl/α,β-unsaturated/α-hetero) is 1. The topological polar surface area (TPSA) is 453 Å². The molecule has 87 heavy (non-hydrogen) atoms. The van der Waals surface area contributed by atoms with Crippen LogP contribution in [0.25, 0.3) is 10.9 Å². The number of aliphatic hydroxyl groups is 3. The number of primary amides is 1. The number of hydrogen-bond donors (Lipinski definition) is 13. The molecule has 4 aliphatic heterocycles. The van der Waals surface area contributed by atoms with Crippen molar-refractivity contribution in [3.05, 3.63) is 23.3 Å². The number of nitrogens with zero attached hydrogens (tertiary/aromatic N) is 2. The van der Waals surface area contributed by atoms with Crippen LogP contribution in [0.2, 0.25) is 0 Å². The Bertz CT molecular complexity index is 2980. The summed E-state index contributed by atoms with van der Waals surface area (Å²) in [6.07, 6.45) is -2.98. The zero-order valence-corrected chi connectivity index (χ0v) is 50.5. The van der Waals surface area contributed by atoms with Crippen molar-refractivity contribution in [1.29, 1.82) is 0 Å². The fourth-order valence-corrected chi connectivity index (χ4v) is 12.9. The van der Waals surface area contributed by atoms with E-state index >= 15 is 4.21 Å². The Morgan fingerprint density at radius 2 is 1.53 bits per heavy atom. The molecule has 14 N–H and O–H groups in total. The standard InChI is InChI=1S/C55H78N12O18S2/c1-5-27(2)46-52(81)59-20-42(74)60-36-26-87(84)54-32(31-11-12-39(85-4)33(48(31)65-54)25-86-16-7-6-15-57-41(73)10-8-9-29(69)22-67-44(76)13-14-45(67)77)18-34(49(78)58-21-43(75)63-46)61-53(82)47(28(3)38(71)24-68)64-51(80)37-17-30(70)23-66(37)55(83)35(19-40(56)72)62-50(36)79/h11-12,27-28,30,34-38,46-47,65,68,70-71H,5-10,13-26H2,1-4H3,(H2,56,72)(H,57,73)(H,58,78)(H,59,81)(H,60,74)(H,61,82)(H,62,79)(H,63,75)(H,64,80)/t27-,28-,30+,34-,35-,36-,37-,38-,46-,47-,87?/m0/s1. The lowest BCUT2D eigenvalue weighted by molar-refractivity contribution is -0.144. The fourth-order valence-electron chi connectivity index (χ4n) is 10.5. The summed E-state index contributed by atoms with van der Waals surface area (Å²) >= 11 is 1.46. The first-order chi connectivity index (χ1) is 41.3. The summed E-state index contributed by atoms with van der Waals surface area (Å²) in [6, 6.07) is -7.04. The number of carbonyl (C=O) groups excluding carboxylic acids is 13. The summed E-state index contributed by atoms with van der Waals surface area (Å²) in [5.41, 5.74) is 6.51. The van der Waals surface area contributed by atoms with Crippen LogP contribution >= 0.6 is 11.8 Å². The average molecular weight is 1260 g/mol. The van der Waals surface area contributed by atoms with Crippen molar-refractivity contribution in [3.63, 3.8) is 0 Å². The second-order valence-corrected chi connectivity index (χ2v) is 24.5. The minimum Gasteiger partial charge on any atom is -0.496 e. The predicted octanol–water partition coefficient (Wildman–Crippen LogP) is -4.60. The smallest absolute Gasteiger partial charge is 0.246 e. The monoisotopic (exact) mass is 1260 g/mol. The number of likely N-dealkylation sites (tertiary alicyclic amines) is 1. The fraction of sp³-hybridized carbons (Fsp3) is 0.618. The van der Waals surface area contributed by atoms with E-state index in [2.05, 4.69) is 47.5 Å². The van der Waals surface area contributed by atoms with Crippen molar-refractivity contribution >= 4 is 110 Å². The van der Waals surface area contributed by atoms with Crippen LogP contribution in [0.3, 0.4) is 0 Å². The quantitative estimate of drug-likeness (QED) is 0.0413. The number of methoxy groups -OCH3 is 1. The van der Waals surface area contributed by atoms with E-state index in [0.29, 0.717) is 53.8 Å². The van der Waals surface area contributed by atoms with Gasteiger partial charge in [-0.05, 0) is 48.6 Å². The molecule has 478 valence electrons. The molecule has 32 heteroatoms. The van der Waals surface area contributed by atoms with Gasteiger partial charge in [-0.1, -0.05) is 27.2 Å². The minimum atomic E-state index is -2.46. The highest BCUT2D eigenvalue weighted by molar-refractivity contribution is 7.98. The van der Waals surface area contributed by atoms with Gasteiger partial charge in [0.2, 0.25) is 70.9 Å². The van der Waals surface area contributed by atoms with Crippen molar-refractivity contribution in [1.82, 2.24) is 57.3 Å². The molecule has 0 aliphatic carbocycles. The number of benzene rings is 1. The molecular weight excluding hydrogens is 1180 g/mol. The van der Waals surface area contributed by atoms with Crippen molar-refractivity contribution in [2.24, 2.45) is 17.6 Å². The van der Waals surface area contributed by atoms with Crippen molar-refractivity contribution in [2.45, 2.75) is 151 Å². The van der Waals surface area contributed by atoms with Crippen LogP contribution in [0.4, 0.5) is 0 Å². The molecule has 4 aliphatic rings. The molecule has 30 nitrogen and oxygen atoms in total. The maximum atomic E-state index is 15.3. The van der Waals surface area contributed by atoms with E-state index in [9.17, 15) is 77.6 Å². The molecule has 0 radical (unpaired) electrons. The molecule has 0 spiro atoms. The molecule has 12 amide bonds. The van der Waals surface area contributed by atoms with Crippen molar-refractivity contribution in [2.75, 3.05) is 57.9 Å². The van der Waals surface area contributed by atoms with E-state index in [1.54, 1.807) is 26.0 Å². The third-order valence-corrected chi connectivity index (χ3v) is 18.2. The van der Waals surface area contributed by atoms with E-state index < -0.39 is 187 Å². The van der Waals surface area contributed by atoms with E-state index in [1.807, 2.05) is 0 Å². The van der Waals surface area contributed by atoms with Gasteiger partial charge in [0, 0.05) is 74.2 Å². The Kier molecular flexibility index (Phi) is 25.1. The van der Waals surface area contributed by atoms with Crippen LogP contribution in [0, 0.1) is 11.8 Å². The third-order valence-electron chi connectivity index (χ3n) is 15.6. The molecule has 5 heterocycles. The highest BCUT2D eigenvalue weighted by Gasteiger charge is 2.45. The Hall–Kier alpha value is -7.55. The number of aromatic nitrogens is 1. The summed E-state index contributed by atoms with van der Waals surface area (Å²) < 4.78 is 21.1. The largest absolute Gasteiger partial charge is 0.496 e. The third kappa shape index (κ3) is 18.3. The summed E-state index contributed by atoms with van der Waals surface area (Å²) in [5.74, 6) is -12.4. The molecule has 1 aromatic carbocycles. The Labute approximate surface area is 507 Å².